The summed E-state index contributed by atoms with van der Waals surface area (Å²) in [5, 5.41) is 0. The van der Waals surface area contributed by atoms with Crippen molar-refractivity contribution in [1.82, 2.24) is 4.98 Å². The monoisotopic (exact) mass is 583 g/mol. The Morgan fingerprint density at radius 1 is 1.40 bits per heavy atom. The molecule has 1 N–H and O–H groups in total. The van der Waals surface area contributed by atoms with E-state index in [1.165, 1.54) is 0 Å². The summed E-state index contributed by atoms with van der Waals surface area (Å²) in [7, 11) is 0. The number of H-pyrrole nitrogens is 1. The third-order valence-corrected chi connectivity index (χ3v) is 1.96. The van der Waals surface area contributed by atoms with E-state index in [2.05, 4.69) is 4.98 Å². The first-order valence-corrected chi connectivity index (χ1v) is 38.7. The van der Waals surface area contributed by atoms with Crippen molar-refractivity contribution < 1.29 is 176 Å². The second kappa shape index (κ2) is 22.3. The predicted octanol–water partition coefficient (Wildman–Crippen LogP) is -9.35. The van der Waals surface area contributed by atoms with E-state index in [1.54, 1.807) is 0 Å². The van der Waals surface area contributed by atoms with Crippen molar-refractivity contribution in [2.75, 3.05) is 0 Å². The number of hydrogen-bond acceptors (Lipinski definition) is 3. The van der Waals surface area contributed by atoms with Crippen molar-refractivity contribution in [2.45, 2.75) is 13.3 Å². The zero-order chi connectivity index (χ0) is 9.56. The van der Waals surface area contributed by atoms with Crippen LogP contribution in [0.2, 0.25) is 0 Å². The van der Waals surface area contributed by atoms with E-state index in [-0.39, 0.29) is 186 Å². The predicted molar refractivity (Wildman–Crippen MR) is 53.1 cm³/mol. The summed E-state index contributed by atoms with van der Waals surface area (Å²) in [6.07, 6.45) is 2.43. The second-order valence-electron chi connectivity index (χ2n) is 1.88. The molecule has 0 fully saturated rings. The summed E-state index contributed by atoms with van der Waals surface area (Å²) in [5.41, 5.74) is -0.242. The molecule has 60 valence electrons. The fraction of sp³-hybridized carbons (Fsp3) is 0.333. The van der Waals surface area contributed by atoms with Crippen LogP contribution in [0.1, 0.15) is 13.2 Å². The summed E-state index contributed by atoms with van der Waals surface area (Å²) >= 11 is 3.30. The molecule has 0 unspecified atom stereocenters. The number of thiazole rings is 1. The standard InChI is InChI=1S/C6H7NO2S.5Rb.H/c1-2-3-4-5(8)7-6(9)10-4;;;;;;/h2H,3H2,1H3,(H,7,8,9);;;;;;/q-2;;;3*+1;-1. The molecule has 0 amide bonds. The van der Waals surface area contributed by atoms with Gasteiger partial charge in [0.2, 0.25) is 0 Å². The Hall–Kier alpha value is 8.26. The van der Waals surface area contributed by atoms with Gasteiger partial charge in [0, 0.05) is 0 Å². The molecule has 0 atom stereocenters. The first kappa shape index (κ1) is 31.1. The van der Waals surface area contributed by atoms with Crippen LogP contribution in [0.25, 0.3) is 0 Å². The minimum atomic E-state index is -0.262. The van der Waals surface area contributed by atoms with E-state index in [0.29, 0.717) is 11.3 Å². The Labute approximate surface area is 291 Å². The van der Waals surface area contributed by atoms with E-state index in [0.717, 1.165) is 79.0 Å². The third kappa shape index (κ3) is 16.9. The van der Waals surface area contributed by atoms with Gasteiger partial charge in [-0.25, -0.2) is 6.42 Å². The van der Waals surface area contributed by atoms with Gasteiger partial charge in [0.05, 0.1) is 0 Å². The molecule has 0 aromatic carbocycles. The van der Waals surface area contributed by atoms with Crippen LogP contribution in [-0.2, 0) is 6.42 Å². The maximum atomic E-state index is 10.8. The summed E-state index contributed by atoms with van der Waals surface area (Å²) in [4.78, 5) is 23.8. The number of rotatable bonds is 2. The van der Waals surface area contributed by atoms with Crippen LogP contribution in [0, 0.1) is 6.42 Å². The van der Waals surface area contributed by atoms with Gasteiger partial charge in [-0.3, -0.25) is 16.1 Å². The van der Waals surface area contributed by atoms with Crippen LogP contribution < -0.4 is 185 Å². The van der Waals surface area contributed by atoms with Gasteiger partial charge in [0.25, 0.3) is 0 Å². The average Bonchev–Trinajstić information content (AvgIpc) is 2.35. The van der Waals surface area contributed by atoms with E-state index in [4.69, 9.17) is 0 Å². The number of aromatic nitrogens is 1. The summed E-state index contributed by atoms with van der Waals surface area (Å²) < 4.78 is 0. The summed E-state index contributed by atoms with van der Waals surface area (Å²) in [6.45, 7) is 1.85. The van der Waals surface area contributed by atoms with Crippen LogP contribution >= 0.6 is 11.3 Å². The molecule has 0 spiro atoms. The Bertz CT molecular complexity index is 325. The maximum absolute atomic E-state index is 10.8. The number of hydrogen-bond donors (Lipinski definition) is 1. The van der Waals surface area contributed by atoms with Crippen LogP contribution in [0.5, 0.6) is 0 Å². The van der Waals surface area contributed by atoms with Gasteiger partial charge in [0.1, 0.15) is 4.87 Å². The third-order valence-electron chi connectivity index (χ3n) is 1.07. The molecule has 15 heavy (non-hydrogen) atoms. The van der Waals surface area contributed by atoms with E-state index >= 15 is 0 Å². The summed E-state index contributed by atoms with van der Waals surface area (Å²) in [5.74, 6) is 0. The number of nitrogens with one attached hydrogen (secondary N) is 1. The van der Waals surface area contributed by atoms with Gasteiger partial charge in [-0.1, -0.05) is 0 Å². The Kier molecular flexibility index (Phi) is 46.1. The molecular formula is C6H8NO2Rb5S. The van der Waals surface area contributed by atoms with E-state index in [1.807, 2.05) is 13.3 Å². The molecule has 0 aliphatic rings. The molecule has 0 aliphatic carbocycles. The molecule has 9 heteroatoms. The zero-order valence-corrected chi connectivity index (χ0v) is 35.9. The molecule has 1 aromatic heterocycles. The van der Waals surface area contributed by atoms with Crippen molar-refractivity contribution in [3.8, 4) is 0 Å². The van der Waals surface area contributed by atoms with Crippen LogP contribution in [0.3, 0.4) is 0 Å². The topological polar surface area (TPSA) is 49.9 Å². The molecule has 1 heterocycles. The van der Waals surface area contributed by atoms with Gasteiger partial charge in [-0.15, -0.1) is 4.88 Å². The van der Waals surface area contributed by atoms with Gasteiger partial charge < -0.3 is 17.6 Å². The fourth-order valence-corrected chi connectivity index (χ4v) is 1.43. The van der Waals surface area contributed by atoms with Gasteiger partial charge in [-0.2, -0.15) is 6.92 Å². The molecule has 1 aromatic rings. The Morgan fingerprint density at radius 2 is 1.87 bits per heavy atom. The van der Waals surface area contributed by atoms with Crippen LogP contribution in [-0.4, -0.2) is 72.7 Å². The normalized spacial score (nSPS) is 7.27. The molecule has 0 saturated heterocycles. The molecular weight excluding hydrogens is 577 g/mol. The van der Waals surface area contributed by atoms with Gasteiger partial charge in [-0.05, 0) is 0 Å². The average molecular weight is 586 g/mol. The minimum absolute atomic E-state index is 0. The van der Waals surface area contributed by atoms with E-state index < -0.39 is 0 Å². The van der Waals surface area contributed by atoms with Crippen molar-refractivity contribution >= 4 is 79.0 Å². The van der Waals surface area contributed by atoms with Crippen LogP contribution in [0.4, 0.5) is 0 Å². The van der Waals surface area contributed by atoms with Crippen molar-refractivity contribution in [3.05, 3.63) is 31.3 Å². The van der Waals surface area contributed by atoms with E-state index in [9.17, 15) is 9.59 Å². The van der Waals surface area contributed by atoms with Crippen molar-refractivity contribution in [3.63, 3.8) is 0 Å². The Balaban J connectivity index is -0.0000000637. The quantitative estimate of drug-likeness (QED) is 0.351. The zero-order valence-electron chi connectivity index (χ0n) is 11.5. The second-order valence-corrected chi connectivity index (χ2v) is 2.95. The first-order chi connectivity index (χ1) is 5.74. The molecule has 0 bridgehead atoms. The molecule has 1 rings (SSSR count). The molecule has 3 nitrogen and oxygen atoms in total. The SMILES string of the molecule is C[CH-]C[c-]1sc(=O)[nH]c1=O.[H-].[Rb+].[Rb+].[Rb+].[Rb][Rb]. The molecule has 0 radical (unpaired) electrons. The summed E-state index contributed by atoms with van der Waals surface area (Å²) in [6, 6.07) is 0. The fourth-order valence-electron chi connectivity index (χ4n) is 0.666. The van der Waals surface area contributed by atoms with Crippen molar-refractivity contribution in [2.24, 2.45) is 0 Å². The van der Waals surface area contributed by atoms with Crippen LogP contribution in [0.15, 0.2) is 9.59 Å². The van der Waals surface area contributed by atoms with Gasteiger partial charge in [0.15, 0.2) is 5.56 Å². The molecule has 0 saturated carbocycles. The molecule has 0 aliphatic heterocycles. The van der Waals surface area contributed by atoms with Gasteiger partial charge >= 0.3 is 242 Å². The Morgan fingerprint density at radius 3 is 2.13 bits per heavy atom. The first-order valence-electron chi connectivity index (χ1n) is 3.91. The number of aromatic amines is 1. The van der Waals surface area contributed by atoms with Crippen molar-refractivity contribution in [1.29, 1.82) is 0 Å².